The Hall–Kier alpha value is -1.89. The van der Waals surface area contributed by atoms with E-state index in [4.69, 9.17) is 5.73 Å². The van der Waals surface area contributed by atoms with Gasteiger partial charge in [-0.15, -0.1) is 0 Å². The lowest BCUT2D eigenvalue weighted by Crippen LogP contribution is -2.47. The van der Waals surface area contributed by atoms with Crippen molar-refractivity contribution in [3.8, 4) is 0 Å². The van der Waals surface area contributed by atoms with Crippen LogP contribution in [0.15, 0.2) is 35.1 Å². The maximum Gasteiger partial charge on any atom is 0.228 e. The normalized spacial score (nSPS) is 15.4. The van der Waals surface area contributed by atoms with Crippen LogP contribution in [0.3, 0.4) is 0 Å². The average molecular weight is 335 g/mol. The van der Waals surface area contributed by atoms with E-state index in [1.54, 1.807) is 6.07 Å². The number of rotatable bonds is 2. The Morgan fingerprint density at radius 2 is 1.80 bits per heavy atom. The monoisotopic (exact) mass is 334 g/mol. The lowest BCUT2D eigenvalue weighted by Gasteiger charge is -2.35. The molecular weight excluding hydrogens is 320 g/mol. The number of nitrogens with two attached hydrogens (primary N) is 1. The van der Waals surface area contributed by atoms with E-state index in [9.17, 15) is 0 Å². The Balaban J connectivity index is 1.69. The average Bonchev–Trinajstić information content (AvgIpc) is 2.47. The van der Waals surface area contributed by atoms with Crippen LogP contribution in [0.2, 0.25) is 0 Å². The van der Waals surface area contributed by atoms with Gasteiger partial charge in [-0.1, -0.05) is 6.07 Å². The van der Waals surface area contributed by atoms with E-state index >= 15 is 0 Å². The van der Waals surface area contributed by atoms with Crippen LogP contribution < -0.4 is 15.5 Å². The third kappa shape index (κ3) is 2.82. The second-order valence-corrected chi connectivity index (χ2v) is 5.39. The molecule has 0 atom stereocenters. The largest absolute Gasteiger partial charge is 0.383 e. The van der Waals surface area contributed by atoms with Crippen LogP contribution in [0.1, 0.15) is 0 Å². The zero-order valence-corrected chi connectivity index (χ0v) is 12.5. The molecule has 3 heterocycles. The van der Waals surface area contributed by atoms with Crippen LogP contribution in [0.4, 0.5) is 17.6 Å². The van der Waals surface area contributed by atoms with Gasteiger partial charge < -0.3 is 15.5 Å². The van der Waals surface area contributed by atoms with Crippen LogP contribution in [0.5, 0.6) is 0 Å². The minimum atomic E-state index is 0.481. The highest BCUT2D eigenvalue weighted by atomic mass is 79.9. The van der Waals surface area contributed by atoms with E-state index in [0.717, 1.165) is 32.0 Å². The van der Waals surface area contributed by atoms with Crippen LogP contribution in [0.25, 0.3) is 0 Å². The molecule has 0 saturated carbocycles. The van der Waals surface area contributed by atoms with Crippen LogP contribution in [0, 0.1) is 0 Å². The summed E-state index contributed by atoms with van der Waals surface area (Å²) in [5.74, 6) is 2.17. The smallest absolute Gasteiger partial charge is 0.228 e. The summed E-state index contributed by atoms with van der Waals surface area (Å²) in [7, 11) is 0. The van der Waals surface area contributed by atoms with Crippen LogP contribution in [-0.2, 0) is 0 Å². The van der Waals surface area contributed by atoms with Gasteiger partial charge in [0.25, 0.3) is 0 Å². The molecule has 0 unspecified atom stereocenters. The third-order valence-corrected chi connectivity index (χ3v) is 3.64. The summed E-state index contributed by atoms with van der Waals surface area (Å²) in [4.78, 5) is 17.4. The Morgan fingerprint density at radius 3 is 2.45 bits per heavy atom. The highest BCUT2D eigenvalue weighted by molar-refractivity contribution is 9.10. The van der Waals surface area contributed by atoms with Crippen molar-refractivity contribution in [2.24, 2.45) is 0 Å². The molecule has 0 radical (unpaired) electrons. The molecule has 0 aromatic carbocycles. The highest BCUT2D eigenvalue weighted by Gasteiger charge is 2.20. The molecule has 6 nitrogen and oxygen atoms in total. The highest BCUT2D eigenvalue weighted by Crippen LogP contribution is 2.19. The van der Waals surface area contributed by atoms with Gasteiger partial charge in [0.1, 0.15) is 16.2 Å². The summed E-state index contributed by atoms with van der Waals surface area (Å²) in [6, 6.07) is 7.67. The predicted octanol–water partition coefficient (Wildman–Crippen LogP) is 1.54. The van der Waals surface area contributed by atoms with Gasteiger partial charge in [0.2, 0.25) is 5.95 Å². The van der Waals surface area contributed by atoms with Crippen molar-refractivity contribution in [2.45, 2.75) is 0 Å². The predicted molar refractivity (Wildman–Crippen MR) is 82.8 cm³/mol. The molecule has 2 aromatic heterocycles. The van der Waals surface area contributed by atoms with Gasteiger partial charge in [-0.2, -0.15) is 4.98 Å². The van der Waals surface area contributed by atoms with E-state index in [0.29, 0.717) is 16.4 Å². The number of pyridine rings is 1. The summed E-state index contributed by atoms with van der Waals surface area (Å²) < 4.78 is 0.715. The van der Waals surface area contributed by atoms with E-state index in [1.165, 1.54) is 0 Å². The van der Waals surface area contributed by atoms with Gasteiger partial charge in [0, 0.05) is 38.4 Å². The zero-order chi connectivity index (χ0) is 13.9. The number of anilines is 3. The van der Waals surface area contributed by atoms with Crippen molar-refractivity contribution in [1.82, 2.24) is 15.0 Å². The molecule has 1 saturated heterocycles. The van der Waals surface area contributed by atoms with E-state index in [-0.39, 0.29) is 0 Å². The Bertz CT molecular complexity index is 562. The summed E-state index contributed by atoms with van der Waals surface area (Å²) >= 11 is 3.35. The van der Waals surface area contributed by atoms with Crippen LogP contribution in [-0.4, -0.2) is 41.1 Å². The van der Waals surface area contributed by atoms with Gasteiger partial charge in [-0.3, -0.25) is 0 Å². The SMILES string of the molecule is Nc1cc(Br)nc(N2CCN(c3ccccn3)CC2)n1. The third-order valence-electron chi connectivity index (χ3n) is 3.24. The minimum absolute atomic E-state index is 0.481. The lowest BCUT2D eigenvalue weighted by molar-refractivity contribution is 0.634. The maximum atomic E-state index is 5.76. The Kier molecular flexibility index (Phi) is 3.68. The molecule has 2 N–H and O–H groups in total. The van der Waals surface area contributed by atoms with Gasteiger partial charge in [0.15, 0.2) is 0 Å². The number of nitrogen functional groups attached to an aromatic ring is 1. The molecule has 1 aliphatic rings. The van der Waals surface area contributed by atoms with Crippen molar-refractivity contribution in [3.05, 3.63) is 35.1 Å². The molecule has 0 bridgehead atoms. The van der Waals surface area contributed by atoms with Crippen molar-refractivity contribution in [2.75, 3.05) is 41.7 Å². The first-order valence-corrected chi connectivity index (χ1v) is 7.23. The summed E-state index contributed by atoms with van der Waals surface area (Å²) in [6.07, 6.45) is 1.82. The molecule has 20 heavy (non-hydrogen) atoms. The van der Waals surface area contributed by atoms with Crippen molar-refractivity contribution in [3.63, 3.8) is 0 Å². The van der Waals surface area contributed by atoms with Gasteiger partial charge >= 0.3 is 0 Å². The molecular formula is C13H15BrN6. The summed E-state index contributed by atoms with van der Waals surface area (Å²) in [5, 5.41) is 0. The molecule has 0 amide bonds. The first-order valence-electron chi connectivity index (χ1n) is 6.43. The molecule has 1 fully saturated rings. The first kappa shape index (κ1) is 13.1. The standard InChI is InChI=1S/C13H15BrN6/c14-10-9-11(15)18-13(17-10)20-7-5-19(6-8-20)12-3-1-2-4-16-12/h1-4,9H,5-8H2,(H2,15,17,18). The van der Waals surface area contributed by atoms with Crippen molar-refractivity contribution >= 4 is 33.5 Å². The fourth-order valence-electron chi connectivity index (χ4n) is 2.24. The lowest BCUT2D eigenvalue weighted by atomic mass is 10.3. The second-order valence-electron chi connectivity index (χ2n) is 4.58. The number of halogens is 1. The van der Waals surface area contributed by atoms with E-state index in [1.807, 2.05) is 24.4 Å². The number of piperazine rings is 1. The zero-order valence-electron chi connectivity index (χ0n) is 10.9. The number of aromatic nitrogens is 3. The molecule has 7 heteroatoms. The Labute approximate surface area is 125 Å². The van der Waals surface area contributed by atoms with E-state index < -0.39 is 0 Å². The quantitative estimate of drug-likeness (QED) is 0.840. The fourth-order valence-corrected chi connectivity index (χ4v) is 2.63. The summed E-state index contributed by atoms with van der Waals surface area (Å²) in [6.45, 7) is 3.50. The molecule has 104 valence electrons. The molecule has 1 aliphatic heterocycles. The number of hydrogen-bond acceptors (Lipinski definition) is 6. The second kappa shape index (κ2) is 5.62. The van der Waals surface area contributed by atoms with Gasteiger partial charge in [-0.05, 0) is 28.1 Å². The first-order chi connectivity index (χ1) is 9.72. The van der Waals surface area contributed by atoms with Gasteiger partial charge in [-0.25, -0.2) is 9.97 Å². The Morgan fingerprint density at radius 1 is 1.05 bits per heavy atom. The minimum Gasteiger partial charge on any atom is -0.383 e. The number of hydrogen-bond donors (Lipinski definition) is 1. The van der Waals surface area contributed by atoms with Crippen molar-refractivity contribution < 1.29 is 0 Å². The van der Waals surface area contributed by atoms with Crippen LogP contribution >= 0.6 is 15.9 Å². The number of nitrogens with zero attached hydrogens (tertiary/aromatic N) is 5. The topological polar surface area (TPSA) is 71.2 Å². The van der Waals surface area contributed by atoms with Gasteiger partial charge in [0.05, 0.1) is 0 Å². The molecule has 3 rings (SSSR count). The molecule has 0 spiro atoms. The fraction of sp³-hybridized carbons (Fsp3) is 0.308. The summed E-state index contributed by atoms with van der Waals surface area (Å²) in [5.41, 5.74) is 5.76. The maximum absolute atomic E-state index is 5.76. The van der Waals surface area contributed by atoms with E-state index in [2.05, 4.69) is 40.7 Å². The van der Waals surface area contributed by atoms with Crippen molar-refractivity contribution in [1.29, 1.82) is 0 Å². The molecule has 2 aromatic rings. The molecule has 0 aliphatic carbocycles.